The van der Waals surface area contributed by atoms with E-state index in [0.29, 0.717) is 23.5 Å². The van der Waals surface area contributed by atoms with E-state index < -0.39 is 0 Å². The van der Waals surface area contributed by atoms with Crippen LogP contribution < -0.4 is 4.74 Å². The number of carbonyl (C=O) groups excluding carboxylic acids is 1. The van der Waals surface area contributed by atoms with Crippen molar-refractivity contribution in [1.29, 1.82) is 0 Å². The molecule has 0 atom stereocenters. The molecule has 2 aromatic rings. The second-order valence-corrected chi connectivity index (χ2v) is 3.90. The highest BCUT2D eigenvalue weighted by Crippen LogP contribution is 2.23. The summed E-state index contributed by atoms with van der Waals surface area (Å²) in [5, 5.41) is 9.15. The minimum absolute atomic E-state index is 0.117. The van der Waals surface area contributed by atoms with Crippen LogP contribution in [0.2, 0.25) is 0 Å². The Morgan fingerprint density at radius 2 is 1.50 bits per heavy atom. The number of ketones is 1. The molecule has 0 fully saturated rings. The summed E-state index contributed by atoms with van der Waals surface area (Å²) in [6, 6.07) is 13.5. The zero-order valence-corrected chi connectivity index (χ0v) is 10.1. The monoisotopic (exact) mass is 242 g/mol. The molecular formula is C15H14O3. The van der Waals surface area contributed by atoms with Gasteiger partial charge in [-0.3, -0.25) is 4.79 Å². The number of Topliss-reactive ketones (excluding diaryl/α,β-unsaturated/α-hetero) is 1. The zero-order valence-electron chi connectivity index (χ0n) is 10.1. The number of phenols is 1. The summed E-state index contributed by atoms with van der Waals surface area (Å²) in [6.45, 7) is 1.84. The molecule has 0 aliphatic rings. The molecule has 0 aliphatic heterocycles. The number of ether oxygens (including phenoxy) is 1. The fraction of sp³-hybridized carbons (Fsp3) is 0.133. The van der Waals surface area contributed by atoms with Crippen LogP contribution in [0.15, 0.2) is 48.5 Å². The lowest BCUT2D eigenvalue weighted by atomic mass is 10.1. The van der Waals surface area contributed by atoms with Crippen molar-refractivity contribution in [3.63, 3.8) is 0 Å². The van der Waals surface area contributed by atoms with Gasteiger partial charge < -0.3 is 9.84 Å². The molecular weight excluding hydrogens is 228 g/mol. The van der Waals surface area contributed by atoms with Gasteiger partial charge in [-0.05, 0) is 48.5 Å². The van der Waals surface area contributed by atoms with Crippen molar-refractivity contribution in [2.45, 2.75) is 13.3 Å². The molecule has 1 N–H and O–H groups in total. The van der Waals surface area contributed by atoms with Crippen molar-refractivity contribution in [1.82, 2.24) is 0 Å². The molecule has 0 amide bonds. The first-order chi connectivity index (χ1) is 8.69. The maximum atomic E-state index is 11.5. The topological polar surface area (TPSA) is 46.5 Å². The second kappa shape index (κ2) is 5.36. The van der Waals surface area contributed by atoms with Crippen LogP contribution in [-0.2, 0) is 0 Å². The van der Waals surface area contributed by atoms with Crippen molar-refractivity contribution in [3.05, 3.63) is 54.1 Å². The number of hydrogen-bond donors (Lipinski definition) is 1. The molecule has 0 saturated heterocycles. The fourth-order valence-electron chi connectivity index (χ4n) is 1.56. The van der Waals surface area contributed by atoms with Gasteiger partial charge in [0.15, 0.2) is 5.78 Å². The maximum Gasteiger partial charge on any atom is 0.162 e. The SMILES string of the molecule is CCC(=O)c1ccc(Oc2ccc(O)cc2)cc1. The molecule has 0 aromatic heterocycles. The molecule has 0 saturated carbocycles. The maximum absolute atomic E-state index is 11.5. The largest absolute Gasteiger partial charge is 0.508 e. The second-order valence-electron chi connectivity index (χ2n) is 3.90. The van der Waals surface area contributed by atoms with Crippen LogP contribution in [0.3, 0.4) is 0 Å². The molecule has 3 nitrogen and oxygen atoms in total. The lowest BCUT2D eigenvalue weighted by Crippen LogP contribution is -1.95. The predicted octanol–water partition coefficient (Wildman–Crippen LogP) is 3.78. The molecule has 0 bridgehead atoms. The van der Waals surface area contributed by atoms with E-state index in [-0.39, 0.29) is 11.5 Å². The summed E-state index contributed by atoms with van der Waals surface area (Å²) in [4.78, 5) is 11.5. The highest BCUT2D eigenvalue weighted by molar-refractivity contribution is 5.95. The summed E-state index contributed by atoms with van der Waals surface area (Å²) in [5.74, 6) is 1.62. The average molecular weight is 242 g/mol. The third-order valence-electron chi connectivity index (χ3n) is 2.57. The minimum Gasteiger partial charge on any atom is -0.508 e. The molecule has 0 radical (unpaired) electrons. The van der Waals surface area contributed by atoms with Crippen LogP contribution in [-0.4, -0.2) is 10.9 Å². The van der Waals surface area contributed by atoms with Crippen molar-refractivity contribution >= 4 is 5.78 Å². The van der Waals surface area contributed by atoms with E-state index in [9.17, 15) is 4.79 Å². The lowest BCUT2D eigenvalue weighted by molar-refractivity contribution is 0.0988. The molecule has 0 unspecified atom stereocenters. The van der Waals surface area contributed by atoms with Crippen LogP contribution in [0.25, 0.3) is 0 Å². The van der Waals surface area contributed by atoms with Gasteiger partial charge in [0.25, 0.3) is 0 Å². The van der Waals surface area contributed by atoms with E-state index >= 15 is 0 Å². The van der Waals surface area contributed by atoms with Crippen LogP contribution in [0.5, 0.6) is 17.2 Å². The zero-order chi connectivity index (χ0) is 13.0. The Labute approximate surface area is 106 Å². The Morgan fingerprint density at radius 3 is 2.00 bits per heavy atom. The highest BCUT2D eigenvalue weighted by Gasteiger charge is 2.03. The fourth-order valence-corrected chi connectivity index (χ4v) is 1.56. The van der Waals surface area contributed by atoms with Gasteiger partial charge in [-0.1, -0.05) is 6.92 Å². The number of carbonyl (C=O) groups is 1. The van der Waals surface area contributed by atoms with Gasteiger partial charge >= 0.3 is 0 Å². The first-order valence-corrected chi connectivity index (χ1v) is 5.79. The van der Waals surface area contributed by atoms with E-state index in [0.717, 1.165) is 0 Å². The molecule has 0 spiro atoms. The van der Waals surface area contributed by atoms with Gasteiger partial charge in [0.2, 0.25) is 0 Å². The smallest absolute Gasteiger partial charge is 0.162 e. The number of rotatable bonds is 4. The van der Waals surface area contributed by atoms with Crippen molar-refractivity contribution in [3.8, 4) is 17.2 Å². The summed E-state index contributed by atoms with van der Waals surface area (Å²) in [6.07, 6.45) is 0.498. The van der Waals surface area contributed by atoms with Crippen molar-refractivity contribution in [2.24, 2.45) is 0 Å². The lowest BCUT2D eigenvalue weighted by Gasteiger charge is -2.06. The Balaban J connectivity index is 2.10. The van der Waals surface area contributed by atoms with Gasteiger partial charge in [0.05, 0.1) is 0 Å². The third-order valence-corrected chi connectivity index (χ3v) is 2.57. The molecule has 18 heavy (non-hydrogen) atoms. The highest BCUT2D eigenvalue weighted by atomic mass is 16.5. The van der Waals surface area contributed by atoms with Gasteiger partial charge in [0.1, 0.15) is 17.2 Å². The van der Waals surface area contributed by atoms with Crippen LogP contribution in [0, 0.1) is 0 Å². The minimum atomic E-state index is 0.117. The Morgan fingerprint density at radius 1 is 1.00 bits per heavy atom. The number of phenolic OH excluding ortho intramolecular Hbond substituents is 1. The van der Waals surface area contributed by atoms with Gasteiger partial charge in [-0.2, -0.15) is 0 Å². The van der Waals surface area contributed by atoms with E-state index in [1.807, 2.05) is 6.92 Å². The average Bonchev–Trinajstić information content (AvgIpc) is 2.41. The van der Waals surface area contributed by atoms with Crippen LogP contribution >= 0.6 is 0 Å². The molecule has 92 valence electrons. The normalized spacial score (nSPS) is 10.1. The quantitative estimate of drug-likeness (QED) is 0.830. The standard InChI is InChI=1S/C15H14O3/c1-2-15(17)11-3-7-13(8-4-11)18-14-9-5-12(16)6-10-14/h3-10,16H,2H2,1H3. The van der Waals surface area contributed by atoms with Crippen molar-refractivity contribution < 1.29 is 14.6 Å². The van der Waals surface area contributed by atoms with Crippen molar-refractivity contribution in [2.75, 3.05) is 0 Å². The number of aromatic hydroxyl groups is 1. The Bertz CT molecular complexity index is 527. The summed E-state index contributed by atoms with van der Waals surface area (Å²) >= 11 is 0. The number of benzene rings is 2. The summed E-state index contributed by atoms with van der Waals surface area (Å²) in [5.41, 5.74) is 0.690. The first kappa shape index (κ1) is 12.2. The van der Waals surface area contributed by atoms with Gasteiger partial charge in [-0.15, -0.1) is 0 Å². The summed E-state index contributed by atoms with van der Waals surface area (Å²) in [7, 11) is 0. The summed E-state index contributed by atoms with van der Waals surface area (Å²) < 4.78 is 5.58. The van der Waals surface area contributed by atoms with E-state index in [4.69, 9.17) is 9.84 Å². The third kappa shape index (κ3) is 2.88. The van der Waals surface area contributed by atoms with Gasteiger partial charge in [-0.25, -0.2) is 0 Å². The van der Waals surface area contributed by atoms with E-state index in [2.05, 4.69) is 0 Å². The predicted molar refractivity (Wildman–Crippen MR) is 69.2 cm³/mol. The Kier molecular flexibility index (Phi) is 3.63. The van der Waals surface area contributed by atoms with E-state index in [1.165, 1.54) is 0 Å². The van der Waals surface area contributed by atoms with Gasteiger partial charge in [0, 0.05) is 12.0 Å². The van der Waals surface area contributed by atoms with Crippen LogP contribution in [0.4, 0.5) is 0 Å². The van der Waals surface area contributed by atoms with E-state index in [1.54, 1.807) is 48.5 Å². The molecule has 2 aromatic carbocycles. The molecule has 0 heterocycles. The molecule has 0 aliphatic carbocycles. The number of hydrogen-bond acceptors (Lipinski definition) is 3. The molecule has 3 heteroatoms. The first-order valence-electron chi connectivity index (χ1n) is 5.79. The molecule has 2 rings (SSSR count). The van der Waals surface area contributed by atoms with Crippen LogP contribution in [0.1, 0.15) is 23.7 Å². The Hall–Kier alpha value is -2.29.